The molecule has 0 heterocycles. The van der Waals surface area contributed by atoms with E-state index in [9.17, 15) is 9.59 Å². The van der Waals surface area contributed by atoms with E-state index in [0.29, 0.717) is 18.6 Å². The number of benzene rings is 2. The minimum absolute atomic E-state index is 0.150. The number of ether oxygens (including phenoxy) is 1. The van der Waals surface area contributed by atoms with E-state index >= 15 is 0 Å². The highest BCUT2D eigenvalue weighted by atomic mass is 16.5. The van der Waals surface area contributed by atoms with Gasteiger partial charge in [-0.25, -0.2) is 0 Å². The Morgan fingerprint density at radius 2 is 1.45 bits per heavy atom. The Labute approximate surface area is 174 Å². The summed E-state index contributed by atoms with van der Waals surface area (Å²) in [5.41, 5.74) is 5.12. The summed E-state index contributed by atoms with van der Waals surface area (Å²) in [5.74, 6) is 0.385. The molecule has 2 rings (SSSR count). The van der Waals surface area contributed by atoms with Crippen molar-refractivity contribution in [1.29, 1.82) is 0 Å². The van der Waals surface area contributed by atoms with Crippen molar-refractivity contribution in [3.63, 3.8) is 0 Å². The van der Waals surface area contributed by atoms with E-state index < -0.39 is 0 Å². The number of rotatable bonds is 9. The zero-order chi connectivity index (χ0) is 21.6. The molecule has 0 unspecified atom stereocenters. The van der Waals surface area contributed by atoms with E-state index in [1.165, 1.54) is 6.92 Å². The molecular formula is C26H30O3. The molecule has 29 heavy (non-hydrogen) atoms. The van der Waals surface area contributed by atoms with Gasteiger partial charge in [-0.1, -0.05) is 56.3 Å². The van der Waals surface area contributed by atoms with E-state index in [1.807, 2.05) is 18.2 Å². The second-order valence-electron chi connectivity index (χ2n) is 7.89. The molecule has 3 nitrogen and oxygen atoms in total. The minimum Gasteiger partial charge on any atom is -0.426 e. The number of allylic oxidation sites excluding steroid dienone is 2. The van der Waals surface area contributed by atoms with Crippen LogP contribution in [0.3, 0.4) is 0 Å². The molecule has 0 N–H and O–H groups in total. The topological polar surface area (TPSA) is 43.4 Å². The van der Waals surface area contributed by atoms with Crippen LogP contribution in [0.25, 0.3) is 0 Å². The summed E-state index contributed by atoms with van der Waals surface area (Å²) in [6, 6.07) is 12.3. The van der Waals surface area contributed by atoms with E-state index in [-0.39, 0.29) is 17.2 Å². The van der Waals surface area contributed by atoms with Crippen LogP contribution in [0.5, 0.6) is 5.75 Å². The van der Waals surface area contributed by atoms with Gasteiger partial charge in [0.25, 0.3) is 0 Å². The highest BCUT2D eigenvalue weighted by molar-refractivity contribution is 5.78. The van der Waals surface area contributed by atoms with Crippen molar-refractivity contribution in [2.24, 2.45) is 0 Å². The Morgan fingerprint density at radius 1 is 0.897 bits per heavy atom. The molecule has 0 aromatic heterocycles. The van der Waals surface area contributed by atoms with Gasteiger partial charge in [-0.05, 0) is 53.6 Å². The number of carbonyl (C=O) groups is 2. The first kappa shape index (κ1) is 22.4. The van der Waals surface area contributed by atoms with Crippen molar-refractivity contribution in [3.8, 4) is 5.75 Å². The van der Waals surface area contributed by atoms with Gasteiger partial charge in [0.2, 0.25) is 0 Å². The largest absolute Gasteiger partial charge is 0.426 e. The highest BCUT2D eigenvalue weighted by Gasteiger charge is 2.25. The van der Waals surface area contributed by atoms with Crippen LogP contribution in [0, 0.1) is 0 Å². The van der Waals surface area contributed by atoms with Gasteiger partial charge >= 0.3 is 5.97 Å². The lowest BCUT2D eigenvalue weighted by molar-refractivity contribution is -0.132. The van der Waals surface area contributed by atoms with E-state index in [0.717, 1.165) is 34.2 Å². The van der Waals surface area contributed by atoms with Crippen LogP contribution < -0.4 is 4.74 Å². The summed E-state index contributed by atoms with van der Waals surface area (Å²) >= 11 is 0. The van der Waals surface area contributed by atoms with E-state index in [2.05, 4.69) is 51.3 Å². The van der Waals surface area contributed by atoms with Crippen molar-refractivity contribution in [1.82, 2.24) is 0 Å². The van der Waals surface area contributed by atoms with Crippen molar-refractivity contribution in [3.05, 3.63) is 89.5 Å². The third-order valence-electron chi connectivity index (χ3n) is 5.13. The van der Waals surface area contributed by atoms with Gasteiger partial charge in [0.1, 0.15) is 11.5 Å². The first-order chi connectivity index (χ1) is 13.7. The van der Waals surface area contributed by atoms with Crippen molar-refractivity contribution < 1.29 is 14.3 Å². The van der Waals surface area contributed by atoms with Crippen LogP contribution in [-0.4, -0.2) is 11.8 Å². The number of hydrogen-bond acceptors (Lipinski definition) is 3. The summed E-state index contributed by atoms with van der Waals surface area (Å²) < 4.78 is 5.35. The number of Topliss-reactive ketones (excluding diaryl/α,β-unsaturated/α-hetero) is 1. The highest BCUT2D eigenvalue weighted by Crippen LogP contribution is 2.35. The number of hydrogen-bond donors (Lipinski definition) is 0. The van der Waals surface area contributed by atoms with Gasteiger partial charge in [-0.15, -0.1) is 13.2 Å². The Morgan fingerprint density at radius 3 is 2.00 bits per heavy atom. The molecular weight excluding hydrogens is 360 g/mol. The Kier molecular flexibility index (Phi) is 7.33. The fraction of sp³-hybridized carbons (Fsp3) is 0.308. The lowest BCUT2D eigenvalue weighted by Gasteiger charge is -2.28. The zero-order valence-electron chi connectivity index (χ0n) is 17.9. The molecule has 152 valence electrons. The maximum atomic E-state index is 11.6. The molecule has 0 atom stereocenters. The second kappa shape index (κ2) is 9.51. The van der Waals surface area contributed by atoms with Gasteiger partial charge in [-0.2, -0.15) is 0 Å². The fourth-order valence-electron chi connectivity index (χ4n) is 3.51. The number of carbonyl (C=O) groups excluding carboxylic acids is 2. The summed E-state index contributed by atoms with van der Waals surface area (Å²) in [6.07, 6.45) is 5.44. The molecule has 0 fully saturated rings. The third-order valence-corrected chi connectivity index (χ3v) is 5.13. The van der Waals surface area contributed by atoms with Gasteiger partial charge < -0.3 is 4.74 Å². The number of esters is 1. The number of ketones is 1. The predicted octanol–water partition coefficient (Wildman–Crippen LogP) is 5.53. The van der Waals surface area contributed by atoms with Gasteiger partial charge in [0, 0.05) is 18.8 Å². The first-order valence-electron chi connectivity index (χ1n) is 9.84. The maximum Gasteiger partial charge on any atom is 0.308 e. The van der Waals surface area contributed by atoms with Crippen LogP contribution in [-0.2, 0) is 34.3 Å². The monoisotopic (exact) mass is 390 g/mol. The molecule has 0 amide bonds. The summed E-state index contributed by atoms with van der Waals surface area (Å²) in [6.45, 7) is 15.0. The molecule has 0 spiro atoms. The van der Waals surface area contributed by atoms with Crippen LogP contribution in [0.1, 0.15) is 55.5 Å². The van der Waals surface area contributed by atoms with Gasteiger partial charge in [0.15, 0.2) is 0 Å². The molecule has 2 aromatic carbocycles. The van der Waals surface area contributed by atoms with Crippen LogP contribution in [0.15, 0.2) is 61.7 Å². The molecule has 0 radical (unpaired) electrons. The first-order valence-corrected chi connectivity index (χ1v) is 9.84. The Balaban J connectivity index is 2.50. The summed E-state index contributed by atoms with van der Waals surface area (Å²) in [5, 5.41) is 0. The Bertz CT molecular complexity index is 859. The Hall–Kier alpha value is -2.94. The normalized spacial score (nSPS) is 11.0. The summed E-state index contributed by atoms with van der Waals surface area (Å²) in [7, 11) is 0. The fourth-order valence-corrected chi connectivity index (χ4v) is 3.51. The molecule has 0 aliphatic carbocycles. The molecule has 0 bridgehead atoms. The van der Waals surface area contributed by atoms with Gasteiger partial charge in [-0.3, -0.25) is 9.59 Å². The van der Waals surface area contributed by atoms with Crippen molar-refractivity contribution in [2.45, 2.75) is 52.4 Å². The van der Waals surface area contributed by atoms with Gasteiger partial charge in [0.05, 0.1) is 0 Å². The summed E-state index contributed by atoms with van der Waals surface area (Å²) in [4.78, 5) is 23.0. The third kappa shape index (κ3) is 5.54. The van der Waals surface area contributed by atoms with Crippen LogP contribution in [0.2, 0.25) is 0 Å². The molecule has 0 aliphatic rings. The molecule has 2 aromatic rings. The molecule has 3 heteroatoms. The second-order valence-corrected chi connectivity index (χ2v) is 7.89. The minimum atomic E-state index is -0.336. The lowest BCUT2D eigenvalue weighted by atomic mass is 9.76. The van der Waals surface area contributed by atoms with E-state index in [1.54, 1.807) is 13.0 Å². The smallest absolute Gasteiger partial charge is 0.308 e. The van der Waals surface area contributed by atoms with Crippen molar-refractivity contribution >= 4 is 11.8 Å². The van der Waals surface area contributed by atoms with Crippen molar-refractivity contribution in [2.75, 3.05) is 0 Å². The predicted molar refractivity (Wildman–Crippen MR) is 119 cm³/mol. The lowest BCUT2D eigenvalue weighted by Crippen LogP contribution is -2.20. The standard InChI is InChI=1S/C26H30O3/c1-7-9-20-16-23(12-11-21(20)15-18(3)27)26(5,6)24-13-14-25(29-19(4)28)22(17-24)10-8-2/h7-8,11-14,16-17H,1-2,9-10,15H2,3-6H3. The molecule has 0 saturated heterocycles. The SMILES string of the molecule is C=CCc1cc(C(C)(C)c2ccc(OC(C)=O)c(CC=C)c2)ccc1CC(C)=O. The zero-order valence-corrected chi connectivity index (χ0v) is 17.9. The molecule has 0 saturated carbocycles. The average molecular weight is 391 g/mol. The van der Waals surface area contributed by atoms with Crippen LogP contribution >= 0.6 is 0 Å². The quantitative estimate of drug-likeness (QED) is 0.321. The maximum absolute atomic E-state index is 11.6. The van der Waals surface area contributed by atoms with E-state index in [4.69, 9.17) is 4.74 Å². The molecule has 0 aliphatic heterocycles. The van der Waals surface area contributed by atoms with Crippen LogP contribution in [0.4, 0.5) is 0 Å². The average Bonchev–Trinajstić information content (AvgIpc) is 2.64.